The Morgan fingerprint density at radius 1 is 1.38 bits per heavy atom. The number of nitrogens with one attached hydrogen (secondary N) is 1. The highest BCUT2D eigenvalue weighted by Crippen LogP contribution is 2.28. The number of thiazole rings is 1. The molecule has 1 aromatic rings. The van der Waals surface area contributed by atoms with E-state index < -0.39 is 0 Å². The molecule has 16 heavy (non-hydrogen) atoms. The fourth-order valence-electron chi connectivity index (χ4n) is 2.72. The number of hydrogen-bond donors (Lipinski definition) is 1. The molecule has 0 aromatic carbocycles. The summed E-state index contributed by atoms with van der Waals surface area (Å²) in [7, 11) is 0. The van der Waals surface area contributed by atoms with Gasteiger partial charge in [0.05, 0.1) is 6.20 Å². The Balaban J connectivity index is 1.81. The van der Waals surface area contributed by atoms with E-state index in [0.29, 0.717) is 6.04 Å². The van der Waals surface area contributed by atoms with Crippen molar-refractivity contribution in [3.8, 4) is 0 Å². The highest BCUT2D eigenvalue weighted by molar-refractivity contribution is 7.15. The van der Waals surface area contributed by atoms with Crippen molar-refractivity contribution in [2.24, 2.45) is 11.8 Å². The van der Waals surface area contributed by atoms with Gasteiger partial charge in [-0.3, -0.25) is 0 Å². The monoisotopic (exact) mass is 258 g/mol. The Morgan fingerprint density at radius 3 is 2.62 bits per heavy atom. The van der Waals surface area contributed by atoms with Crippen LogP contribution in [-0.2, 0) is 6.54 Å². The molecule has 4 heteroatoms. The van der Waals surface area contributed by atoms with Crippen molar-refractivity contribution in [3.05, 3.63) is 15.5 Å². The standard InChI is InChI=1S/C12H19ClN2S/c1-8-3-9(2)5-10(4-8)14-7-12-15-6-11(13)16-12/h6,8-10,14H,3-5,7H2,1-2H3. The Hall–Kier alpha value is -0.120. The Morgan fingerprint density at radius 2 is 2.06 bits per heavy atom. The first-order valence-electron chi connectivity index (χ1n) is 5.97. The smallest absolute Gasteiger partial charge is 0.113 e. The Kier molecular flexibility index (Phi) is 4.22. The molecule has 1 aliphatic rings. The van der Waals surface area contributed by atoms with Crippen LogP contribution in [0.15, 0.2) is 6.20 Å². The number of aromatic nitrogens is 1. The first-order valence-corrected chi connectivity index (χ1v) is 7.16. The fourth-order valence-corrected chi connectivity index (χ4v) is 3.62. The molecule has 0 aliphatic heterocycles. The van der Waals surface area contributed by atoms with Gasteiger partial charge in [-0.15, -0.1) is 11.3 Å². The predicted octanol–water partition coefficient (Wildman–Crippen LogP) is 3.71. The van der Waals surface area contributed by atoms with Crippen LogP contribution in [0, 0.1) is 11.8 Å². The molecule has 1 fully saturated rings. The average Bonchev–Trinajstić information content (AvgIpc) is 2.60. The highest BCUT2D eigenvalue weighted by atomic mass is 35.5. The third kappa shape index (κ3) is 3.44. The largest absolute Gasteiger partial charge is 0.308 e. The van der Waals surface area contributed by atoms with Crippen LogP contribution in [0.5, 0.6) is 0 Å². The molecule has 0 radical (unpaired) electrons. The summed E-state index contributed by atoms with van der Waals surface area (Å²) in [6.45, 7) is 5.57. The first-order chi connectivity index (χ1) is 7.63. The zero-order chi connectivity index (χ0) is 11.5. The van der Waals surface area contributed by atoms with Crippen LogP contribution in [0.3, 0.4) is 0 Å². The number of hydrogen-bond acceptors (Lipinski definition) is 3. The second kappa shape index (κ2) is 5.48. The van der Waals surface area contributed by atoms with Crippen LogP contribution in [0.25, 0.3) is 0 Å². The fraction of sp³-hybridized carbons (Fsp3) is 0.750. The summed E-state index contributed by atoms with van der Waals surface area (Å²) in [5.41, 5.74) is 0. The summed E-state index contributed by atoms with van der Waals surface area (Å²) in [6, 6.07) is 0.654. The van der Waals surface area contributed by atoms with Crippen molar-refractivity contribution >= 4 is 22.9 Å². The van der Waals surface area contributed by atoms with Gasteiger partial charge in [0.15, 0.2) is 0 Å². The predicted molar refractivity (Wildman–Crippen MR) is 69.9 cm³/mol. The molecule has 1 heterocycles. The topological polar surface area (TPSA) is 24.9 Å². The summed E-state index contributed by atoms with van der Waals surface area (Å²) in [6.07, 6.45) is 5.70. The van der Waals surface area contributed by atoms with Gasteiger partial charge in [-0.05, 0) is 31.1 Å². The van der Waals surface area contributed by atoms with Gasteiger partial charge in [-0.1, -0.05) is 25.4 Å². The summed E-state index contributed by atoms with van der Waals surface area (Å²) < 4.78 is 0.780. The van der Waals surface area contributed by atoms with Crippen molar-refractivity contribution in [1.29, 1.82) is 0 Å². The average molecular weight is 259 g/mol. The van der Waals surface area contributed by atoms with Crippen LogP contribution in [-0.4, -0.2) is 11.0 Å². The second-order valence-electron chi connectivity index (χ2n) is 5.05. The lowest BCUT2D eigenvalue weighted by Gasteiger charge is -2.31. The van der Waals surface area contributed by atoms with Crippen LogP contribution in [0.1, 0.15) is 38.1 Å². The third-order valence-electron chi connectivity index (χ3n) is 3.25. The third-order valence-corrected chi connectivity index (χ3v) is 4.36. The van der Waals surface area contributed by atoms with Gasteiger partial charge in [0.25, 0.3) is 0 Å². The van der Waals surface area contributed by atoms with Gasteiger partial charge < -0.3 is 5.32 Å². The minimum absolute atomic E-state index is 0.654. The molecular formula is C12H19ClN2S. The number of halogens is 1. The minimum Gasteiger partial charge on any atom is -0.308 e. The van der Waals surface area contributed by atoms with Crippen molar-refractivity contribution in [1.82, 2.24) is 10.3 Å². The van der Waals surface area contributed by atoms with Gasteiger partial charge in [0.1, 0.15) is 9.34 Å². The maximum absolute atomic E-state index is 5.86. The molecule has 1 saturated carbocycles. The Bertz CT molecular complexity index is 330. The van der Waals surface area contributed by atoms with Crippen LogP contribution >= 0.6 is 22.9 Å². The zero-order valence-electron chi connectivity index (χ0n) is 9.87. The molecule has 2 rings (SSSR count). The molecule has 2 atom stereocenters. The van der Waals surface area contributed by atoms with Crippen LogP contribution < -0.4 is 5.32 Å². The first kappa shape index (κ1) is 12.3. The molecule has 1 aliphatic carbocycles. The molecule has 0 bridgehead atoms. The van der Waals surface area contributed by atoms with Crippen molar-refractivity contribution < 1.29 is 0 Å². The van der Waals surface area contributed by atoms with Gasteiger partial charge in [0, 0.05) is 12.6 Å². The molecule has 1 aromatic heterocycles. The number of nitrogens with zero attached hydrogens (tertiary/aromatic N) is 1. The van der Waals surface area contributed by atoms with Gasteiger partial charge in [-0.2, -0.15) is 0 Å². The van der Waals surface area contributed by atoms with Crippen LogP contribution in [0.2, 0.25) is 4.34 Å². The van der Waals surface area contributed by atoms with Crippen molar-refractivity contribution in [2.75, 3.05) is 0 Å². The summed E-state index contributed by atoms with van der Waals surface area (Å²) in [5, 5.41) is 4.69. The van der Waals surface area contributed by atoms with E-state index in [1.807, 2.05) is 0 Å². The normalized spacial score (nSPS) is 30.6. The Labute approximate surface area is 106 Å². The maximum atomic E-state index is 5.86. The summed E-state index contributed by atoms with van der Waals surface area (Å²) >= 11 is 7.43. The van der Waals surface area contributed by atoms with E-state index in [0.717, 1.165) is 27.7 Å². The molecule has 2 unspecified atom stereocenters. The van der Waals surface area contributed by atoms with Crippen molar-refractivity contribution in [3.63, 3.8) is 0 Å². The summed E-state index contributed by atoms with van der Waals surface area (Å²) in [4.78, 5) is 4.26. The maximum Gasteiger partial charge on any atom is 0.113 e. The highest BCUT2D eigenvalue weighted by Gasteiger charge is 2.23. The van der Waals surface area contributed by atoms with E-state index in [2.05, 4.69) is 24.1 Å². The van der Waals surface area contributed by atoms with E-state index in [4.69, 9.17) is 11.6 Å². The lowest BCUT2D eigenvalue weighted by molar-refractivity contribution is 0.238. The zero-order valence-corrected chi connectivity index (χ0v) is 11.4. The van der Waals surface area contributed by atoms with Crippen LogP contribution in [0.4, 0.5) is 0 Å². The molecule has 0 saturated heterocycles. The van der Waals surface area contributed by atoms with Gasteiger partial charge in [-0.25, -0.2) is 4.98 Å². The minimum atomic E-state index is 0.654. The van der Waals surface area contributed by atoms with E-state index in [1.165, 1.54) is 19.3 Å². The quantitative estimate of drug-likeness (QED) is 0.894. The van der Waals surface area contributed by atoms with E-state index in [1.54, 1.807) is 17.5 Å². The van der Waals surface area contributed by atoms with Gasteiger partial charge in [0.2, 0.25) is 0 Å². The van der Waals surface area contributed by atoms with Crippen molar-refractivity contribution in [2.45, 2.75) is 45.7 Å². The lowest BCUT2D eigenvalue weighted by Crippen LogP contribution is -2.35. The number of rotatable bonds is 3. The molecule has 2 nitrogen and oxygen atoms in total. The SMILES string of the molecule is CC1CC(C)CC(NCc2ncc(Cl)s2)C1. The van der Waals surface area contributed by atoms with E-state index in [-0.39, 0.29) is 0 Å². The van der Waals surface area contributed by atoms with E-state index in [9.17, 15) is 0 Å². The van der Waals surface area contributed by atoms with E-state index >= 15 is 0 Å². The molecule has 90 valence electrons. The molecule has 0 spiro atoms. The molecule has 0 amide bonds. The van der Waals surface area contributed by atoms with Gasteiger partial charge >= 0.3 is 0 Å². The summed E-state index contributed by atoms with van der Waals surface area (Å²) in [5.74, 6) is 1.70. The molecule has 1 N–H and O–H groups in total. The molecular weight excluding hydrogens is 240 g/mol. The second-order valence-corrected chi connectivity index (χ2v) is 6.80. The lowest BCUT2D eigenvalue weighted by atomic mass is 9.80.